The lowest BCUT2D eigenvalue weighted by Crippen LogP contribution is -2.72. The van der Waals surface area contributed by atoms with Crippen LogP contribution in [0.1, 0.15) is 61.3 Å². The minimum atomic E-state index is -0.804. The van der Waals surface area contributed by atoms with Crippen LogP contribution in [0.4, 0.5) is 0 Å². The molecular formula is C15H28N2O2. The van der Waals surface area contributed by atoms with Gasteiger partial charge in [0, 0.05) is 6.04 Å². The molecule has 0 radical (unpaired) electrons. The van der Waals surface area contributed by atoms with Crippen molar-refractivity contribution in [2.75, 3.05) is 0 Å². The SMILES string of the molecule is CCC(CC)N1C(=O)C(C)(C)NC(=O)C1C(C)(C)C. The highest BCUT2D eigenvalue weighted by molar-refractivity contribution is 5.99. The topological polar surface area (TPSA) is 49.4 Å². The number of hydrogen-bond acceptors (Lipinski definition) is 2. The smallest absolute Gasteiger partial charge is 0.248 e. The van der Waals surface area contributed by atoms with E-state index in [-0.39, 0.29) is 23.3 Å². The van der Waals surface area contributed by atoms with Crippen LogP contribution in [0.2, 0.25) is 0 Å². The molecule has 0 aromatic rings. The standard InChI is InChI=1S/C15H28N2O2/c1-8-10(9-2)17-11(14(3,4)5)12(18)16-15(6,7)13(17)19/h10-11H,8-9H2,1-7H3,(H,16,18). The van der Waals surface area contributed by atoms with Crippen molar-refractivity contribution < 1.29 is 9.59 Å². The predicted molar refractivity (Wildman–Crippen MR) is 76.7 cm³/mol. The first-order valence-corrected chi connectivity index (χ1v) is 7.21. The summed E-state index contributed by atoms with van der Waals surface area (Å²) >= 11 is 0. The zero-order valence-corrected chi connectivity index (χ0v) is 13.3. The van der Waals surface area contributed by atoms with Gasteiger partial charge in [0.05, 0.1) is 0 Å². The first-order chi connectivity index (χ1) is 8.56. The number of nitrogens with zero attached hydrogens (tertiary/aromatic N) is 1. The van der Waals surface area contributed by atoms with Gasteiger partial charge < -0.3 is 10.2 Å². The fourth-order valence-electron chi connectivity index (χ4n) is 2.87. The fraction of sp³-hybridized carbons (Fsp3) is 0.867. The predicted octanol–water partition coefficient (Wildman–Crippen LogP) is 2.33. The Morgan fingerprint density at radius 1 is 1.21 bits per heavy atom. The molecule has 110 valence electrons. The molecule has 0 aromatic heterocycles. The molecule has 1 atom stereocenters. The first-order valence-electron chi connectivity index (χ1n) is 7.21. The van der Waals surface area contributed by atoms with E-state index in [0.717, 1.165) is 12.8 Å². The Hall–Kier alpha value is -1.06. The zero-order chi connectivity index (χ0) is 15.0. The lowest BCUT2D eigenvalue weighted by Gasteiger charge is -2.50. The Kier molecular flexibility index (Phi) is 4.33. The summed E-state index contributed by atoms with van der Waals surface area (Å²) in [5, 5.41) is 2.86. The molecule has 1 saturated heterocycles. The van der Waals surface area contributed by atoms with Crippen LogP contribution in [0.5, 0.6) is 0 Å². The molecule has 0 spiro atoms. The second-order valence-corrected chi connectivity index (χ2v) is 7.07. The molecule has 19 heavy (non-hydrogen) atoms. The van der Waals surface area contributed by atoms with E-state index in [1.807, 2.05) is 25.7 Å². The second-order valence-electron chi connectivity index (χ2n) is 7.07. The van der Waals surface area contributed by atoms with Gasteiger partial charge in [0.2, 0.25) is 11.8 Å². The number of piperazine rings is 1. The van der Waals surface area contributed by atoms with E-state index in [1.54, 1.807) is 13.8 Å². The van der Waals surface area contributed by atoms with Gasteiger partial charge in [0.15, 0.2) is 0 Å². The van der Waals surface area contributed by atoms with Gasteiger partial charge in [-0.2, -0.15) is 0 Å². The molecule has 1 aliphatic heterocycles. The van der Waals surface area contributed by atoms with Crippen LogP contribution in [0, 0.1) is 5.41 Å². The van der Waals surface area contributed by atoms with Crippen LogP contribution in [-0.4, -0.2) is 34.3 Å². The summed E-state index contributed by atoms with van der Waals surface area (Å²) in [6.07, 6.45) is 1.75. The van der Waals surface area contributed by atoms with Gasteiger partial charge in [0.1, 0.15) is 11.6 Å². The number of amides is 2. The largest absolute Gasteiger partial charge is 0.340 e. The maximum absolute atomic E-state index is 12.7. The minimum Gasteiger partial charge on any atom is -0.340 e. The van der Waals surface area contributed by atoms with E-state index in [9.17, 15) is 9.59 Å². The number of carbonyl (C=O) groups is 2. The van der Waals surface area contributed by atoms with Crippen LogP contribution in [0.25, 0.3) is 0 Å². The van der Waals surface area contributed by atoms with Crippen molar-refractivity contribution >= 4 is 11.8 Å². The van der Waals surface area contributed by atoms with E-state index < -0.39 is 11.6 Å². The summed E-state index contributed by atoms with van der Waals surface area (Å²) < 4.78 is 0. The molecule has 4 heteroatoms. The average Bonchev–Trinajstić information content (AvgIpc) is 2.24. The highest BCUT2D eigenvalue weighted by Gasteiger charge is 2.51. The van der Waals surface area contributed by atoms with Crippen LogP contribution >= 0.6 is 0 Å². The van der Waals surface area contributed by atoms with Gasteiger partial charge in [-0.15, -0.1) is 0 Å². The number of nitrogens with one attached hydrogen (secondary N) is 1. The van der Waals surface area contributed by atoms with E-state index in [1.165, 1.54) is 0 Å². The van der Waals surface area contributed by atoms with Crippen molar-refractivity contribution in [2.24, 2.45) is 5.41 Å². The van der Waals surface area contributed by atoms with Crippen molar-refractivity contribution in [3.63, 3.8) is 0 Å². The molecule has 1 unspecified atom stereocenters. The van der Waals surface area contributed by atoms with Crippen molar-refractivity contribution in [1.29, 1.82) is 0 Å². The molecule has 1 fully saturated rings. The summed E-state index contributed by atoms with van der Waals surface area (Å²) in [4.78, 5) is 27.0. The third-order valence-electron chi connectivity index (χ3n) is 3.89. The number of carbonyl (C=O) groups excluding carboxylic acids is 2. The molecule has 0 aliphatic carbocycles. The van der Waals surface area contributed by atoms with Gasteiger partial charge in [-0.05, 0) is 32.1 Å². The maximum Gasteiger partial charge on any atom is 0.248 e. The van der Waals surface area contributed by atoms with Gasteiger partial charge in [-0.1, -0.05) is 34.6 Å². The van der Waals surface area contributed by atoms with Crippen molar-refractivity contribution in [2.45, 2.75) is 78.9 Å². The molecule has 1 rings (SSSR count). The van der Waals surface area contributed by atoms with E-state index in [4.69, 9.17) is 0 Å². The zero-order valence-electron chi connectivity index (χ0n) is 13.3. The van der Waals surface area contributed by atoms with E-state index >= 15 is 0 Å². The van der Waals surface area contributed by atoms with Crippen LogP contribution in [-0.2, 0) is 9.59 Å². The monoisotopic (exact) mass is 268 g/mol. The molecule has 2 amide bonds. The molecule has 0 bridgehead atoms. The summed E-state index contributed by atoms with van der Waals surface area (Å²) in [5.74, 6) is -0.00951. The summed E-state index contributed by atoms with van der Waals surface area (Å²) in [6, 6.07) is -0.264. The van der Waals surface area contributed by atoms with E-state index in [0.29, 0.717) is 0 Å². The number of hydrogen-bond donors (Lipinski definition) is 1. The maximum atomic E-state index is 12.7. The molecule has 4 nitrogen and oxygen atoms in total. The summed E-state index contributed by atoms with van der Waals surface area (Å²) in [5.41, 5.74) is -1.07. The summed E-state index contributed by atoms with van der Waals surface area (Å²) in [7, 11) is 0. The van der Waals surface area contributed by atoms with Gasteiger partial charge in [-0.3, -0.25) is 9.59 Å². The van der Waals surface area contributed by atoms with E-state index in [2.05, 4.69) is 19.2 Å². The van der Waals surface area contributed by atoms with Crippen molar-refractivity contribution in [1.82, 2.24) is 10.2 Å². The first kappa shape index (κ1) is 16.0. The van der Waals surface area contributed by atoms with Gasteiger partial charge in [-0.25, -0.2) is 0 Å². The highest BCUT2D eigenvalue weighted by Crippen LogP contribution is 2.33. The Balaban J connectivity index is 3.27. The third-order valence-corrected chi connectivity index (χ3v) is 3.89. The Bertz CT molecular complexity index is 365. The normalized spacial score (nSPS) is 23.8. The molecule has 1 N–H and O–H groups in total. The molecule has 0 aromatic carbocycles. The second kappa shape index (κ2) is 5.14. The van der Waals surface area contributed by atoms with Gasteiger partial charge >= 0.3 is 0 Å². The van der Waals surface area contributed by atoms with Crippen LogP contribution in [0.15, 0.2) is 0 Å². The quantitative estimate of drug-likeness (QED) is 0.854. The molecular weight excluding hydrogens is 240 g/mol. The lowest BCUT2D eigenvalue weighted by atomic mass is 9.80. The number of rotatable bonds is 3. The Morgan fingerprint density at radius 3 is 2.05 bits per heavy atom. The third kappa shape index (κ3) is 2.93. The van der Waals surface area contributed by atoms with Crippen LogP contribution in [0.3, 0.4) is 0 Å². The van der Waals surface area contributed by atoms with Crippen LogP contribution < -0.4 is 5.32 Å². The van der Waals surface area contributed by atoms with Crippen molar-refractivity contribution in [3.8, 4) is 0 Å². The lowest BCUT2D eigenvalue weighted by molar-refractivity contribution is -0.161. The molecule has 1 heterocycles. The minimum absolute atomic E-state index is 0.0284. The average molecular weight is 268 g/mol. The highest BCUT2D eigenvalue weighted by atomic mass is 16.2. The Labute approximate surface area is 116 Å². The van der Waals surface area contributed by atoms with Crippen molar-refractivity contribution in [3.05, 3.63) is 0 Å². The molecule has 1 aliphatic rings. The fourth-order valence-corrected chi connectivity index (χ4v) is 2.87. The Morgan fingerprint density at radius 2 is 1.68 bits per heavy atom. The van der Waals surface area contributed by atoms with Gasteiger partial charge in [0.25, 0.3) is 0 Å². The summed E-state index contributed by atoms with van der Waals surface area (Å²) in [6.45, 7) is 13.7. The molecule has 0 saturated carbocycles.